The summed E-state index contributed by atoms with van der Waals surface area (Å²) in [7, 11) is 0. The number of aryl methyl sites for hydroxylation is 2. The lowest BCUT2D eigenvalue weighted by atomic mass is 10.2. The van der Waals surface area contributed by atoms with E-state index in [1.54, 1.807) is 12.1 Å². The molecule has 2 aromatic heterocycles. The number of anilines is 2. The zero-order valence-corrected chi connectivity index (χ0v) is 22.1. The zero-order chi connectivity index (χ0) is 25.3. The third kappa shape index (κ3) is 5.50. The lowest BCUT2D eigenvalue weighted by Crippen LogP contribution is -2.21. The third-order valence-corrected chi connectivity index (χ3v) is 6.77. The maximum absolute atomic E-state index is 13.2. The van der Waals surface area contributed by atoms with Crippen molar-refractivity contribution in [1.29, 1.82) is 0 Å². The Morgan fingerprint density at radius 2 is 1.31 bits per heavy atom. The molecule has 0 unspecified atom stereocenters. The minimum Gasteiger partial charge on any atom is -0.329 e. The quantitative estimate of drug-likeness (QED) is 0.273. The summed E-state index contributed by atoms with van der Waals surface area (Å²) in [6, 6.07) is 11.8. The lowest BCUT2D eigenvalue weighted by molar-refractivity contribution is 0.622. The number of nitrogens with zero attached hydrogens (tertiary/aromatic N) is 4. The minimum atomic E-state index is -0.259. The van der Waals surface area contributed by atoms with Crippen LogP contribution in [0.25, 0.3) is 0 Å². The molecule has 0 aliphatic carbocycles. The summed E-state index contributed by atoms with van der Waals surface area (Å²) in [5.74, 6) is -0.259. The van der Waals surface area contributed by atoms with Crippen molar-refractivity contribution in [1.82, 2.24) is 19.6 Å². The van der Waals surface area contributed by atoms with Crippen molar-refractivity contribution in [2.75, 3.05) is 10.6 Å². The van der Waals surface area contributed by atoms with Crippen LogP contribution in [0.2, 0.25) is 10.0 Å². The summed E-state index contributed by atoms with van der Waals surface area (Å²) in [5, 5.41) is 17.4. The molecule has 35 heavy (non-hydrogen) atoms. The van der Waals surface area contributed by atoms with E-state index in [0.29, 0.717) is 28.2 Å². The van der Waals surface area contributed by atoms with Crippen molar-refractivity contribution >= 4 is 51.9 Å². The Balaban J connectivity index is 1.49. The predicted octanol–water partition coefficient (Wildman–Crippen LogP) is 6.66. The molecule has 0 atom stereocenters. The van der Waals surface area contributed by atoms with Gasteiger partial charge < -0.3 is 10.6 Å². The van der Waals surface area contributed by atoms with E-state index in [0.717, 1.165) is 45.3 Å². The van der Waals surface area contributed by atoms with Gasteiger partial charge in [-0.25, -0.2) is 4.39 Å². The molecule has 2 aromatic carbocycles. The van der Waals surface area contributed by atoms with Crippen LogP contribution in [-0.4, -0.2) is 24.7 Å². The maximum atomic E-state index is 13.2. The second kappa shape index (κ2) is 10.4. The molecule has 0 saturated heterocycles. The topological polar surface area (TPSA) is 59.7 Å². The summed E-state index contributed by atoms with van der Waals surface area (Å²) in [6.07, 6.45) is 0. The number of halogens is 3. The van der Waals surface area contributed by atoms with Crippen LogP contribution in [0.4, 0.5) is 15.8 Å². The molecule has 6 nitrogen and oxygen atoms in total. The second-order valence-electron chi connectivity index (χ2n) is 8.31. The van der Waals surface area contributed by atoms with Crippen LogP contribution in [0.5, 0.6) is 0 Å². The van der Waals surface area contributed by atoms with E-state index in [1.807, 2.05) is 55.3 Å². The summed E-state index contributed by atoms with van der Waals surface area (Å²) in [6.45, 7) is 8.75. The minimum absolute atomic E-state index is 0.259. The SMILES string of the molecule is Cc1nn(Cc2ccc(F)cc2)c(C)c1NC(=S)Nc1c(C)nn(Cc2c(Cl)cccc2Cl)c1C. The highest BCUT2D eigenvalue weighted by atomic mass is 35.5. The first kappa shape index (κ1) is 25.2. The van der Waals surface area contributed by atoms with Gasteiger partial charge in [0.2, 0.25) is 0 Å². The van der Waals surface area contributed by atoms with Crippen molar-refractivity contribution in [3.63, 3.8) is 0 Å². The van der Waals surface area contributed by atoms with Gasteiger partial charge in [0.05, 0.1) is 47.2 Å². The molecule has 0 radical (unpaired) electrons. The van der Waals surface area contributed by atoms with Gasteiger partial charge in [0.15, 0.2) is 5.11 Å². The highest BCUT2D eigenvalue weighted by molar-refractivity contribution is 7.80. The van der Waals surface area contributed by atoms with Crippen molar-refractivity contribution < 1.29 is 4.39 Å². The van der Waals surface area contributed by atoms with Crippen LogP contribution in [0.15, 0.2) is 42.5 Å². The number of aromatic nitrogens is 4. The highest BCUT2D eigenvalue weighted by Crippen LogP contribution is 2.28. The fourth-order valence-electron chi connectivity index (χ4n) is 3.92. The fourth-order valence-corrected chi connectivity index (χ4v) is 4.64. The van der Waals surface area contributed by atoms with Gasteiger partial charge in [-0.15, -0.1) is 0 Å². The molecule has 0 bridgehead atoms. The van der Waals surface area contributed by atoms with E-state index in [1.165, 1.54) is 12.1 Å². The number of nitrogens with one attached hydrogen (secondary N) is 2. The molecule has 0 amide bonds. The van der Waals surface area contributed by atoms with E-state index >= 15 is 0 Å². The van der Waals surface area contributed by atoms with E-state index < -0.39 is 0 Å². The van der Waals surface area contributed by atoms with E-state index in [2.05, 4.69) is 20.8 Å². The molecule has 4 aromatic rings. The van der Waals surface area contributed by atoms with Gasteiger partial charge in [-0.3, -0.25) is 9.36 Å². The van der Waals surface area contributed by atoms with Gasteiger partial charge in [-0.05, 0) is 69.7 Å². The normalized spacial score (nSPS) is 11.1. The lowest BCUT2D eigenvalue weighted by Gasteiger charge is -2.12. The Morgan fingerprint density at radius 3 is 1.83 bits per heavy atom. The Bertz CT molecular complexity index is 1370. The third-order valence-electron chi connectivity index (χ3n) is 5.86. The van der Waals surface area contributed by atoms with Crippen LogP contribution in [0.3, 0.4) is 0 Å². The predicted molar refractivity (Wildman–Crippen MR) is 144 cm³/mol. The maximum Gasteiger partial charge on any atom is 0.175 e. The molecule has 0 fully saturated rings. The molecule has 2 heterocycles. The van der Waals surface area contributed by atoms with E-state index in [4.69, 9.17) is 35.4 Å². The Morgan fingerprint density at radius 1 is 0.829 bits per heavy atom. The highest BCUT2D eigenvalue weighted by Gasteiger charge is 2.17. The number of rotatable bonds is 6. The van der Waals surface area contributed by atoms with Gasteiger partial charge >= 0.3 is 0 Å². The number of benzene rings is 2. The Kier molecular flexibility index (Phi) is 7.44. The van der Waals surface area contributed by atoms with Crippen LogP contribution >= 0.6 is 35.4 Å². The molecule has 182 valence electrons. The molecule has 0 aliphatic heterocycles. The second-order valence-corrected chi connectivity index (χ2v) is 9.54. The first-order valence-electron chi connectivity index (χ1n) is 11.0. The summed E-state index contributed by atoms with van der Waals surface area (Å²) >= 11 is 18.3. The Hall–Kier alpha value is -2.94. The van der Waals surface area contributed by atoms with Gasteiger partial charge in [-0.1, -0.05) is 41.4 Å². The smallest absolute Gasteiger partial charge is 0.175 e. The molecular weight excluding hydrogens is 506 g/mol. The molecule has 0 saturated carbocycles. The standard InChI is InChI=1S/C25H25Cl2FN6S/c1-14-23(16(3)33(31-14)12-18-8-10-19(28)11-9-18)29-25(35)30-24-15(2)32-34(17(24)4)13-20-21(26)6-5-7-22(20)27/h5-11H,12-13H2,1-4H3,(H2,29,30,35). The average molecular weight is 531 g/mol. The first-order valence-corrected chi connectivity index (χ1v) is 12.1. The van der Waals surface area contributed by atoms with Crippen LogP contribution in [0, 0.1) is 33.5 Å². The van der Waals surface area contributed by atoms with Crippen molar-refractivity contribution in [3.8, 4) is 0 Å². The molecule has 10 heteroatoms. The van der Waals surface area contributed by atoms with Crippen LogP contribution < -0.4 is 10.6 Å². The van der Waals surface area contributed by atoms with Crippen molar-refractivity contribution in [2.45, 2.75) is 40.8 Å². The molecular formula is C25H25Cl2FN6S. The number of hydrogen-bond acceptors (Lipinski definition) is 3. The van der Waals surface area contributed by atoms with E-state index in [-0.39, 0.29) is 5.82 Å². The summed E-state index contributed by atoms with van der Waals surface area (Å²) in [4.78, 5) is 0. The van der Waals surface area contributed by atoms with Gasteiger partial charge in [0.1, 0.15) is 5.82 Å². The van der Waals surface area contributed by atoms with E-state index in [9.17, 15) is 4.39 Å². The molecule has 4 rings (SSSR count). The molecule has 0 aliphatic rings. The largest absolute Gasteiger partial charge is 0.329 e. The molecule has 2 N–H and O–H groups in total. The van der Waals surface area contributed by atoms with Gasteiger partial charge in [0, 0.05) is 15.6 Å². The van der Waals surface area contributed by atoms with Gasteiger partial charge in [-0.2, -0.15) is 10.2 Å². The van der Waals surface area contributed by atoms with Crippen molar-refractivity contribution in [2.24, 2.45) is 0 Å². The first-order chi connectivity index (χ1) is 16.6. The average Bonchev–Trinajstić information content (AvgIpc) is 3.22. The Labute approximate surface area is 219 Å². The summed E-state index contributed by atoms with van der Waals surface area (Å²) in [5.41, 5.74) is 6.86. The fraction of sp³-hybridized carbons (Fsp3) is 0.240. The number of thiocarbonyl (C=S) groups is 1. The van der Waals surface area contributed by atoms with Crippen LogP contribution in [-0.2, 0) is 13.1 Å². The molecule has 0 spiro atoms. The number of hydrogen-bond donors (Lipinski definition) is 2. The monoisotopic (exact) mass is 530 g/mol. The van der Waals surface area contributed by atoms with Crippen molar-refractivity contribution in [3.05, 3.63) is 92.2 Å². The van der Waals surface area contributed by atoms with Crippen LogP contribution in [0.1, 0.15) is 33.9 Å². The summed E-state index contributed by atoms with van der Waals surface area (Å²) < 4.78 is 16.9. The zero-order valence-electron chi connectivity index (χ0n) is 19.8. The van der Waals surface area contributed by atoms with Gasteiger partial charge in [0.25, 0.3) is 0 Å².